The van der Waals surface area contributed by atoms with Gasteiger partial charge < -0.3 is 0 Å². The van der Waals surface area contributed by atoms with Crippen LogP contribution in [0.3, 0.4) is 0 Å². The van der Waals surface area contributed by atoms with Crippen molar-refractivity contribution in [1.29, 1.82) is 0 Å². The van der Waals surface area contributed by atoms with Crippen molar-refractivity contribution in [3.8, 4) is 0 Å². The average molecular weight is 488 g/mol. The van der Waals surface area contributed by atoms with E-state index in [1.54, 1.807) is 0 Å². The van der Waals surface area contributed by atoms with Crippen LogP contribution in [0.15, 0.2) is 58.3 Å². The Kier molecular flexibility index (Phi) is 6.60. The molecular weight excluding hydrogens is 470 g/mol. The third-order valence-corrected chi connectivity index (χ3v) is 8.94. The van der Waals surface area contributed by atoms with Gasteiger partial charge >= 0.3 is 12.4 Å². The van der Waals surface area contributed by atoms with Crippen molar-refractivity contribution < 1.29 is 43.2 Å². The smallest absolute Gasteiger partial charge is 0.224 e. The molecule has 0 amide bonds. The largest absolute Gasteiger partial charge is 0.416 e. The summed E-state index contributed by atoms with van der Waals surface area (Å²) in [6.07, 6.45) is -10.1. The molecule has 0 radical (unpaired) electrons. The van der Waals surface area contributed by atoms with Gasteiger partial charge in [-0.3, -0.25) is 0 Å². The summed E-state index contributed by atoms with van der Waals surface area (Å²) in [6.45, 7) is 2.29. The van der Waals surface area contributed by atoms with Crippen LogP contribution in [-0.2, 0) is 32.0 Å². The van der Waals surface area contributed by atoms with Gasteiger partial charge in [-0.1, -0.05) is 12.1 Å². The molecule has 0 aliphatic rings. The zero-order valence-corrected chi connectivity index (χ0v) is 17.9. The van der Waals surface area contributed by atoms with Crippen molar-refractivity contribution >= 4 is 19.7 Å². The lowest BCUT2D eigenvalue weighted by Crippen LogP contribution is -2.34. The van der Waals surface area contributed by atoms with E-state index in [1.165, 1.54) is 0 Å². The summed E-state index contributed by atoms with van der Waals surface area (Å²) in [5.41, 5.74) is -2.36. The molecule has 0 heterocycles. The molecule has 0 saturated heterocycles. The Balaban J connectivity index is 2.32. The molecule has 0 spiro atoms. The van der Waals surface area contributed by atoms with Gasteiger partial charge in [-0.2, -0.15) is 26.3 Å². The third-order valence-electron chi connectivity index (χ3n) is 4.69. The first-order valence-electron chi connectivity index (χ1n) is 8.70. The van der Waals surface area contributed by atoms with Crippen LogP contribution in [0.4, 0.5) is 26.3 Å². The number of benzene rings is 2. The van der Waals surface area contributed by atoms with Crippen LogP contribution in [0.25, 0.3) is 0 Å². The molecule has 12 heteroatoms. The highest BCUT2D eigenvalue weighted by molar-refractivity contribution is 7.93. The Bertz CT molecular complexity index is 1160. The molecule has 0 aromatic heterocycles. The minimum atomic E-state index is -4.78. The van der Waals surface area contributed by atoms with Gasteiger partial charge in [-0.25, -0.2) is 16.8 Å². The predicted octanol–water partition coefficient (Wildman–Crippen LogP) is 5.14. The lowest BCUT2D eigenvalue weighted by Gasteiger charge is -2.25. The molecule has 0 aliphatic heterocycles. The normalized spacial score (nSPS) is 13.9. The first kappa shape index (κ1) is 25.2. The number of alkyl halides is 6. The first-order chi connectivity index (χ1) is 13.9. The van der Waals surface area contributed by atoms with Crippen LogP contribution in [0, 0.1) is 0 Å². The summed E-state index contributed by atoms with van der Waals surface area (Å²) in [6, 6.07) is 6.06. The summed E-state index contributed by atoms with van der Waals surface area (Å²) < 4.78 is 126. The standard InChI is InChI=1S/C19H18F6O4S2/c1-17(2,31(28,29)16-8-4-6-14(12-16)19(23,24)25)9-10-30(26,27)15-7-3-5-13(11-15)18(20,21)22/h3-8,11-12H,9-10H2,1-2H3. The maximum absolute atomic E-state index is 12.9. The summed E-state index contributed by atoms with van der Waals surface area (Å²) in [5.74, 6) is -0.820. The van der Waals surface area contributed by atoms with Crippen molar-refractivity contribution in [1.82, 2.24) is 0 Å². The summed E-state index contributed by atoms with van der Waals surface area (Å²) in [4.78, 5) is -1.27. The molecule has 0 N–H and O–H groups in total. The highest BCUT2D eigenvalue weighted by Gasteiger charge is 2.39. The topological polar surface area (TPSA) is 68.3 Å². The van der Waals surface area contributed by atoms with Crippen molar-refractivity contribution in [3.63, 3.8) is 0 Å². The third kappa shape index (κ3) is 5.59. The molecule has 0 atom stereocenters. The van der Waals surface area contributed by atoms with Crippen LogP contribution >= 0.6 is 0 Å². The van der Waals surface area contributed by atoms with E-state index >= 15 is 0 Å². The molecule has 0 unspecified atom stereocenters. The van der Waals surface area contributed by atoms with Crippen LogP contribution in [0.2, 0.25) is 0 Å². The number of sulfone groups is 2. The summed E-state index contributed by atoms with van der Waals surface area (Å²) >= 11 is 0. The molecule has 2 aromatic rings. The van der Waals surface area contributed by atoms with Crippen molar-refractivity contribution in [2.24, 2.45) is 0 Å². The Morgan fingerprint density at radius 1 is 0.710 bits per heavy atom. The molecule has 4 nitrogen and oxygen atoms in total. The highest BCUT2D eigenvalue weighted by atomic mass is 32.2. The second-order valence-corrected chi connectivity index (χ2v) is 12.1. The second-order valence-electron chi connectivity index (χ2n) is 7.38. The molecular formula is C19H18F6O4S2. The van der Waals surface area contributed by atoms with Gasteiger partial charge in [-0.05, 0) is 56.7 Å². The number of halogens is 6. The second kappa shape index (κ2) is 8.12. The quantitative estimate of drug-likeness (QED) is 0.528. The fraction of sp³-hybridized carbons (Fsp3) is 0.368. The molecule has 0 saturated carbocycles. The van der Waals surface area contributed by atoms with Gasteiger partial charge in [0, 0.05) is 0 Å². The fourth-order valence-electron chi connectivity index (χ4n) is 2.66. The van der Waals surface area contributed by atoms with E-state index in [1.807, 2.05) is 0 Å². The van der Waals surface area contributed by atoms with E-state index in [0.717, 1.165) is 38.1 Å². The molecule has 0 bridgehead atoms. The Morgan fingerprint density at radius 3 is 1.58 bits per heavy atom. The molecule has 0 fully saturated rings. The van der Waals surface area contributed by atoms with Gasteiger partial charge in [0.15, 0.2) is 19.7 Å². The lowest BCUT2D eigenvalue weighted by molar-refractivity contribution is -0.138. The number of hydrogen-bond donors (Lipinski definition) is 0. The van der Waals surface area contributed by atoms with Gasteiger partial charge in [0.1, 0.15) is 0 Å². The average Bonchev–Trinajstić information content (AvgIpc) is 2.65. The van der Waals surface area contributed by atoms with E-state index in [9.17, 15) is 43.2 Å². The van der Waals surface area contributed by atoms with E-state index in [0.29, 0.717) is 24.3 Å². The Labute approximate surface area is 175 Å². The highest BCUT2D eigenvalue weighted by Crippen LogP contribution is 2.35. The van der Waals surface area contributed by atoms with Crippen LogP contribution < -0.4 is 0 Å². The minimum Gasteiger partial charge on any atom is -0.224 e. The Hall–Kier alpha value is -2.08. The minimum absolute atomic E-state index is 0.448. The maximum Gasteiger partial charge on any atom is 0.416 e. The van der Waals surface area contributed by atoms with E-state index in [-0.39, 0.29) is 0 Å². The predicted molar refractivity (Wildman–Crippen MR) is 101 cm³/mol. The van der Waals surface area contributed by atoms with Gasteiger partial charge in [0.05, 0.1) is 31.4 Å². The van der Waals surface area contributed by atoms with Crippen LogP contribution in [0.5, 0.6) is 0 Å². The zero-order valence-electron chi connectivity index (χ0n) is 16.3. The number of rotatable bonds is 6. The maximum atomic E-state index is 12.9. The van der Waals surface area contributed by atoms with E-state index < -0.39 is 69.9 Å². The van der Waals surface area contributed by atoms with Gasteiger partial charge in [0.2, 0.25) is 0 Å². The van der Waals surface area contributed by atoms with E-state index in [4.69, 9.17) is 0 Å². The van der Waals surface area contributed by atoms with E-state index in [2.05, 4.69) is 0 Å². The molecule has 0 aliphatic carbocycles. The Morgan fingerprint density at radius 2 is 1.13 bits per heavy atom. The van der Waals surface area contributed by atoms with Crippen LogP contribution in [0.1, 0.15) is 31.4 Å². The monoisotopic (exact) mass is 488 g/mol. The number of hydrogen-bond acceptors (Lipinski definition) is 4. The molecule has 172 valence electrons. The lowest BCUT2D eigenvalue weighted by atomic mass is 10.1. The van der Waals surface area contributed by atoms with Crippen LogP contribution in [-0.4, -0.2) is 27.3 Å². The summed E-state index contributed by atoms with van der Waals surface area (Å²) in [7, 11) is -8.70. The fourth-order valence-corrected chi connectivity index (χ4v) is 5.94. The van der Waals surface area contributed by atoms with Crippen molar-refractivity contribution in [2.45, 2.75) is 47.2 Å². The van der Waals surface area contributed by atoms with Gasteiger partial charge in [-0.15, -0.1) is 0 Å². The van der Waals surface area contributed by atoms with Crippen molar-refractivity contribution in [2.75, 3.05) is 5.75 Å². The molecule has 2 aromatic carbocycles. The summed E-state index contributed by atoms with van der Waals surface area (Å²) in [5, 5.41) is 0. The zero-order chi connectivity index (χ0) is 23.9. The van der Waals surface area contributed by atoms with Gasteiger partial charge in [0.25, 0.3) is 0 Å². The molecule has 31 heavy (non-hydrogen) atoms. The first-order valence-corrected chi connectivity index (χ1v) is 11.8. The SMILES string of the molecule is CC(C)(CCS(=O)(=O)c1cccc(C(F)(F)F)c1)S(=O)(=O)c1cccc(C(F)(F)F)c1. The van der Waals surface area contributed by atoms with Crippen molar-refractivity contribution in [3.05, 3.63) is 59.7 Å². The molecule has 2 rings (SSSR count).